The monoisotopic (exact) mass is 290 g/mol. The van der Waals surface area contributed by atoms with Gasteiger partial charge in [-0.05, 0) is 26.3 Å². The molecule has 1 heterocycles. The summed E-state index contributed by atoms with van der Waals surface area (Å²) in [5, 5.41) is 10.6. The number of hydrogen-bond donors (Lipinski definition) is 0. The van der Waals surface area contributed by atoms with Gasteiger partial charge in [0, 0.05) is 30.8 Å². The summed E-state index contributed by atoms with van der Waals surface area (Å²) in [5.74, 6) is 0.0262. The summed E-state index contributed by atoms with van der Waals surface area (Å²) < 4.78 is 5.30. The molecule has 6 heteroatoms. The van der Waals surface area contributed by atoms with E-state index in [9.17, 15) is 14.9 Å². The lowest BCUT2D eigenvalue weighted by Crippen LogP contribution is -2.33. The Morgan fingerprint density at radius 1 is 1.33 bits per heavy atom. The van der Waals surface area contributed by atoms with Crippen molar-refractivity contribution in [2.24, 2.45) is 0 Å². The minimum absolute atomic E-state index is 0.0262. The maximum Gasteiger partial charge on any atom is 0.414 e. The maximum absolute atomic E-state index is 11.9. The minimum atomic E-state index is -0.531. The fraction of sp³-hybridized carbons (Fsp3) is 0.400. The highest BCUT2D eigenvalue weighted by molar-refractivity contribution is 5.70. The highest BCUT2D eigenvalue weighted by atomic mass is 16.6. The molecular weight excluding hydrogens is 272 g/mol. The van der Waals surface area contributed by atoms with Crippen LogP contribution in [-0.4, -0.2) is 28.1 Å². The minimum Gasteiger partial charge on any atom is -0.443 e. The molecule has 1 amide bonds. The number of hydrogen-bond acceptors (Lipinski definition) is 4. The van der Waals surface area contributed by atoms with Crippen molar-refractivity contribution in [2.45, 2.75) is 32.3 Å². The van der Waals surface area contributed by atoms with Crippen LogP contribution < -0.4 is 0 Å². The SMILES string of the molecule is CC(C)(C)OC(=O)N1C=CC(c2ccc([N+](=O)[O-])cc2)C1. The molecule has 0 aliphatic carbocycles. The van der Waals surface area contributed by atoms with Crippen LogP contribution in [0.1, 0.15) is 32.3 Å². The second-order valence-corrected chi connectivity index (χ2v) is 5.93. The van der Waals surface area contributed by atoms with Crippen LogP contribution in [0.4, 0.5) is 10.5 Å². The highest BCUT2D eigenvalue weighted by Crippen LogP contribution is 2.27. The van der Waals surface area contributed by atoms with Crippen molar-refractivity contribution in [2.75, 3.05) is 6.54 Å². The summed E-state index contributed by atoms with van der Waals surface area (Å²) in [7, 11) is 0. The van der Waals surface area contributed by atoms with E-state index in [1.54, 1.807) is 18.3 Å². The zero-order valence-electron chi connectivity index (χ0n) is 12.3. The number of carbonyl (C=O) groups excluding carboxylic acids is 1. The summed E-state index contributed by atoms with van der Waals surface area (Å²) in [6.45, 7) is 5.93. The van der Waals surface area contributed by atoms with Crippen LogP contribution in [0.15, 0.2) is 36.5 Å². The number of rotatable bonds is 2. The lowest BCUT2D eigenvalue weighted by atomic mass is 10.0. The quantitative estimate of drug-likeness (QED) is 0.617. The zero-order chi connectivity index (χ0) is 15.6. The van der Waals surface area contributed by atoms with E-state index in [0.29, 0.717) is 6.54 Å². The lowest BCUT2D eigenvalue weighted by molar-refractivity contribution is -0.384. The highest BCUT2D eigenvalue weighted by Gasteiger charge is 2.26. The van der Waals surface area contributed by atoms with E-state index in [1.165, 1.54) is 17.0 Å². The number of nitrogens with zero attached hydrogens (tertiary/aromatic N) is 2. The van der Waals surface area contributed by atoms with Gasteiger partial charge in [-0.25, -0.2) is 4.79 Å². The van der Waals surface area contributed by atoms with Gasteiger partial charge in [0.1, 0.15) is 5.60 Å². The average molecular weight is 290 g/mol. The Labute approximate surface area is 123 Å². The first kappa shape index (κ1) is 15.0. The molecule has 0 bridgehead atoms. The summed E-state index contributed by atoms with van der Waals surface area (Å²) in [5.41, 5.74) is 0.462. The Morgan fingerprint density at radius 2 is 1.95 bits per heavy atom. The van der Waals surface area contributed by atoms with E-state index in [2.05, 4.69) is 0 Å². The van der Waals surface area contributed by atoms with Crippen LogP contribution in [0.25, 0.3) is 0 Å². The van der Waals surface area contributed by atoms with Gasteiger partial charge in [-0.3, -0.25) is 15.0 Å². The van der Waals surface area contributed by atoms with E-state index in [4.69, 9.17) is 4.74 Å². The third-order valence-electron chi connectivity index (χ3n) is 3.05. The van der Waals surface area contributed by atoms with Gasteiger partial charge in [0.15, 0.2) is 0 Å². The van der Waals surface area contributed by atoms with Gasteiger partial charge in [-0.15, -0.1) is 0 Å². The number of ether oxygens (including phenoxy) is 1. The molecule has 1 aromatic carbocycles. The molecule has 0 N–H and O–H groups in total. The largest absolute Gasteiger partial charge is 0.443 e. The van der Waals surface area contributed by atoms with E-state index in [1.807, 2.05) is 26.8 Å². The summed E-state index contributed by atoms with van der Waals surface area (Å²) in [6, 6.07) is 6.37. The van der Waals surface area contributed by atoms with Gasteiger partial charge in [-0.2, -0.15) is 0 Å². The smallest absolute Gasteiger partial charge is 0.414 e. The van der Waals surface area contributed by atoms with Crippen molar-refractivity contribution in [3.05, 3.63) is 52.2 Å². The maximum atomic E-state index is 11.9. The molecule has 21 heavy (non-hydrogen) atoms. The van der Waals surface area contributed by atoms with Gasteiger partial charge >= 0.3 is 6.09 Å². The molecule has 0 saturated heterocycles. The first-order valence-electron chi connectivity index (χ1n) is 6.68. The van der Waals surface area contributed by atoms with Crippen LogP contribution in [0.2, 0.25) is 0 Å². The van der Waals surface area contributed by atoms with Crippen LogP contribution in [-0.2, 0) is 4.74 Å². The molecule has 6 nitrogen and oxygen atoms in total. The van der Waals surface area contributed by atoms with Crippen LogP contribution >= 0.6 is 0 Å². The van der Waals surface area contributed by atoms with Gasteiger partial charge in [0.2, 0.25) is 0 Å². The molecule has 0 saturated carbocycles. The molecule has 1 unspecified atom stereocenters. The van der Waals surface area contributed by atoms with Crippen molar-refractivity contribution < 1.29 is 14.5 Å². The van der Waals surface area contributed by atoms with Gasteiger partial charge in [0.05, 0.1) is 4.92 Å². The Balaban J connectivity index is 2.01. The van der Waals surface area contributed by atoms with Crippen LogP contribution in [0.3, 0.4) is 0 Å². The molecule has 2 rings (SSSR count). The fourth-order valence-corrected chi connectivity index (χ4v) is 2.06. The number of non-ortho nitro benzene ring substituents is 1. The molecule has 1 aliphatic heterocycles. The van der Waals surface area contributed by atoms with Gasteiger partial charge in [0.25, 0.3) is 5.69 Å². The third kappa shape index (κ3) is 3.81. The zero-order valence-corrected chi connectivity index (χ0v) is 12.3. The third-order valence-corrected chi connectivity index (χ3v) is 3.05. The van der Waals surface area contributed by atoms with Crippen molar-refractivity contribution in [1.82, 2.24) is 4.90 Å². The van der Waals surface area contributed by atoms with Gasteiger partial charge < -0.3 is 4.74 Å². The molecule has 0 fully saturated rings. The number of amides is 1. The molecule has 112 valence electrons. The Bertz CT molecular complexity index is 572. The molecule has 0 spiro atoms. The van der Waals surface area contributed by atoms with E-state index in [-0.39, 0.29) is 17.7 Å². The van der Waals surface area contributed by atoms with Crippen molar-refractivity contribution in [1.29, 1.82) is 0 Å². The molecule has 1 aliphatic rings. The predicted molar refractivity (Wildman–Crippen MR) is 77.9 cm³/mol. The van der Waals surface area contributed by atoms with Crippen molar-refractivity contribution in [3.63, 3.8) is 0 Å². The normalized spacial score (nSPS) is 17.9. The lowest BCUT2D eigenvalue weighted by Gasteiger charge is -2.24. The van der Waals surface area contributed by atoms with E-state index < -0.39 is 10.5 Å². The Kier molecular flexibility index (Phi) is 3.97. The summed E-state index contributed by atoms with van der Waals surface area (Å²) in [6.07, 6.45) is 3.20. The van der Waals surface area contributed by atoms with Crippen LogP contribution in [0.5, 0.6) is 0 Å². The van der Waals surface area contributed by atoms with Gasteiger partial charge in [-0.1, -0.05) is 18.2 Å². The summed E-state index contributed by atoms with van der Waals surface area (Å²) >= 11 is 0. The van der Waals surface area contributed by atoms with Crippen LogP contribution in [0, 0.1) is 10.1 Å². The molecule has 0 radical (unpaired) electrons. The topological polar surface area (TPSA) is 72.7 Å². The van der Waals surface area contributed by atoms with Crippen molar-refractivity contribution >= 4 is 11.8 Å². The second-order valence-electron chi connectivity index (χ2n) is 5.93. The second kappa shape index (κ2) is 5.55. The van der Waals surface area contributed by atoms with E-state index in [0.717, 1.165) is 5.56 Å². The number of carbonyl (C=O) groups is 1. The first-order valence-corrected chi connectivity index (χ1v) is 6.68. The number of nitro groups is 1. The summed E-state index contributed by atoms with van der Waals surface area (Å²) in [4.78, 5) is 23.7. The average Bonchev–Trinajstić information content (AvgIpc) is 2.86. The number of nitro benzene ring substituents is 1. The Hall–Kier alpha value is -2.37. The fourth-order valence-electron chi connectivity index (χ4n) is 2.06. The van der Waals surface area contributed by atoms with E-state index >= 15 is 0 Å². The standard InChI is InChI=1S/C15H18N2O4/c1-15(2,3)21-14(18)16-9-8-12(10-16)11-4-6-13(7-5-11)17(19)20/h4-9,12H,10H2,1-3H3. The first-order chi connectivity index (χ1) is 9.76. The van der Waals surface area contributed by atoms with Crippen molar-refractivity contribution in [3.8, 4) is 0 Å². The predicted octanol–water partition coefficient (Wildman–Crippen LogP) is 3.44. The number of benzene rings is 1. The molecule has 1 aromatic rings. The molecular formula is C15H18N2O4. The molecule has 1 atom stereocenters. The molecule has 0 aromatic heterocycles. The Morgan fingerprint density at radius 3 is 2.48 bits per heavy atom.